The molecular formula is C10H21NO2. The Hall–Kier alpha value is -0.120. The fourth-order valence-electron chi connectivity index (χ4n) is 1.52. The van der Waals surface area contributed by atoms with Gasteiger partial charge < -0.3 is 14.8 Å². The normalized spacial score (nSPS) is 23.8. The Morgan fingerprint density at radius 3 is 2.85 bits per heavy atom. The molecule has 0 bridgehead atoms. The van der Waals surface area contributed by atoms with Gasteiger partial charge in [-0.1, -0.05) is 13.8 Å². The van der Waals surface area contributed by atoms with E-state index in [0.29, 0.717) is 6.10 Å². The third kappa shape index (κ3) is 4.07. The van der Waals surface area contributed by atoms with Crippen molar-refractivity contribution in [3.63, 3.8) is 0 Å². The Labute approximate surface area is 80.8 Å². The van der Waals surface area contributed by atoms with Gasteiger partial charge in [-0.2, -0.15) is 0 Å². The van der Waals surface area contributed by atoms with E-state index in [9.17, 15) is 0 Å². The van der Waals surface area contributed by atoms with Gasteiger partial charge in [-0.15, -0.1) is 0 Å². The summed E-state index contributed by atoms with van der Waals surface area (Å²) in [5.41, 5.74) is 0.220. The summed E-state index contributed by atoms with van der Waals surface area (Å²) < 4.78 is 11.0. The van der Waals surface area contributed by atoms with Crippen molar-refractivity contribution in [2.24, 2.45) is 5.41 Å². The van der Waals surface area contributed by atoms with Crippen molar-refractivity contribution in [2.75, 3.05) is 33.4 Å². The molecule has 0 aromatic rings. The number of hydrogen-bond acceptors (Lipinski definition) is 3. The Morgan fingerprint density at radius 1 is 1.54 bits per heavy atom. The van der Waals surface area contributed by atoms with Crippen LogP contribution in [-0.2, 0) is 9.47 Å². The van der Waals surface area contributed by atoms with Gasteiger partial charge in [0.1, 0.15) is 0 Å². The first-order valence-electron chi connectivity index (χ1n) is 4.98. The topological polar surface area (TPSA) is 30.5 Å². The highest BCUT2D eigenvalue weighted by Crippen LogP contribution is 2.17. The van der Waals surface area contributed by atoms with Crippen LogP contribution in [0, 0.1) is 5.41 Å². The van der Waals surface area contributed by atoms with Crippen LogP contribution >= 0.6 is 0 Å². The van der Waals surface area contributed by atoms with E-state index in [1.54, 1.807) is 0 Å². The van der Waals surface area contributed by atoms with E-state index in [-0.39, 0.29) is 5.41 Å². The highest BCUT2D eigenvalue weighted by Gasteiger charge is 2.22. The first kappa shape index (κ1) is 11.0. The molecule has 13 heavy (non-hydrogen) atoms. The summed E-state index contributed by atoms with van der Waals surface area (Å²) in [7, 11) is 1.97. The molecule has 1 unspecified atom stereocenters. The van der Waals surface area contributed by atoms with Crippen molar-refractivity contribution in [1.29, 1.82) is 0 Å². The second kappa shape index (κ2) is 4.94. The third-order valence-electron chi connectivity index (χ3n) is 2.25. The van der Waals surface area contributed by atoms with E-state index < -0.39 is 0 Å². The summed E-state index contributed by atoms with van der Waals surface area (Å²) in [5, 5.41) is 3.17. The molecule has 0 aromatic heterocycles. The van der Waals surface area contributed by atoms with Gasteiger partial charge in [0.05, 0.1) is 19.3 Å². The Morgan fingerprint density at radius 2 is 2.31 bits per heavy atom. The van der Waals surface area contributed by atoms with Gasteiger partial charge >= 0.3 is 0 Å². The molecule has 1 rings (SSSR count). The summed E-state index contributed by atoms with van der Waals surface area (Å²) in [6.45, 7) is 7.84. The number of ether oxygens (including phenoxy) is 2. The monoisotopic (exact) mass is 187 g/mol. The predicted octanol–water partition coefficient (Wildman–Crippen LogP) is 1.04. The fourth-order valence-corrected chi connectivity index (χ4v) is 1.52. The molecule has 1 saturated heterocycles. The van der Waals surface area contributed by atoms with E-state index >= 15 is 0 Å². The zero-order valence-corrected chi connectivity index (χ0v) is 8.93. The van der Waals surface area contributed by atoms with Crippen LogP contribution in [0.4, 0.5) is 0 Å². The van der Waals surface area contributed by atoms with E-state index in [4.69, 9.17) is 9.47 Å². The molecular weight excluding hydrogens is 166 g/mol. The van der Waals surface area contributed by atoms with Crippen LogP contribution in [0.15, 0.2) is 0 Å². The molecule has 0 radical (unpaired) electrons. The number of nitrogens with one attached hydrogen (secondary N) is 1. The van der Waals surface area contributed by atoms with Crippen molar-refractivity contribution in [3.8, 4) is 0 Å². The molecule has 3 nitrogen and oxygen atoms in total. The lowest BCUT2D eigenvalue weighted by molar-refractivity contribution is -0.000732. The first-order chi connectivity index (χ1) is 6.14. The van der Waals surface area contributed by atoms with Gasteiger partial charge in [0, 0.05) is 18.6 Å². The minimum atomic E-state index is 0.220. The zero-order chi connectivity index (χ0) is 9.73. The SMILES string of the molecule is CNCC(C)(C)COC1CCOC1. The van der Waals surface area contributed by atoms with Crippen LogP contribution in [0.1, 0.15) is 20.3 Å². The summed E-state index contributed by atoms with van der Waals surface area (Å²) in [6, 6.07) is 0. The molecule has 0 aromatic carbocycles. The highest BCUT2D eigenvalue weighted by molar-refractivity contribution is 4.72. The van der Waals surface area contributed by atoms with Crippen LogP contribution in [0.5, 0.6) is 0 Å². The molecule has 1 aliphatic rings. The van der Waals surface area contributed by atoms with Crippen LogP contribution in [0.2, 0.25) is 0 Å². The zero-order valence-electron chi connectivity index (χ0n) is 8.93. The number of hydrogen-bond donors (Lipinski definition) is 1. The lowest BCUT2D eigenvalue weighted by Gasteiger charge is -2.25. The van der Waals surface area contributed by atoms with Gasteiger partial charge in [-0.05, 0) is 13.5 Å². The summed E-state index contributed by atoms with van der Waals surface area (Å²) in [5.74, 6) is 0. The molecule has 1 fully saturated rings. The summed E-state index contributed by atoms with van der Waals surface area (Å²) >= 11 is 0. The van der Waals surface area contributed by atoms with Gasteiger partial charge in [0.2, 0.25) is 0 Å². The molecule has 1 aliphatic heterocycles. The molecule has 1 atom stereocenters. The predicted molar refractivity (Wildman–Crippen MR) is 52.9 cm³/mol. The average Bonchev–Trinajstić information content (AvgIpc) is 2.52. The summed E-state index contributed by atoms with van der Waals surface area (Å²) in [4.78, 5) is 0. The van der Waals surface area contributed by atoms with Crippen molar-refractivity contribution in [2.45, 2.75) is 26.4 Å². The van der Waals surface area contributed by atoms with Gasteiger partial charge in [-0.3, -0.25) is 0 Å². The van der Waals surface area contributed by atoms with Crippen LogP contribution < -0.4 is 5.32 Å². The average molecular weight is 187 g/mol. The van der Waals surface area contributed by atoms with Crippen molar-refractivity contribution >= 4 is 0 Å². The molecule has 1 N–H and O–H groups in total. The quantitative estimate of drug-likeness (QED) is 0.697. The van der Waals surface area contributed by atoms with Crippen molar-refractivity contribution in [3.05, 3.63) is 0 Å². The fraction of sp³-hybridized carbons (Fsp3) is 1.00. The maximum absolute atomic E-state index is 5.76. The minimum Gasteiger partial charge on any atom is -0.379 e. The largest absolute Gasteiger partial charge is 0.379 e. The maximum Gasteiger partial charge on any atom is 0.0830 e. The van der Waals surface area contributed by atoms with E-state index in [1.807, 2.05) is 7.05 Å². The minimum absolute atomic E-state index is 0.220. The highest BCUT2D eigenvalue weighted by atomic mass is 16.5. The molecule has 78 valence electrons. The Kier molecular flexibility index (Phi) is 4.16. The second-order valence-electron chi connectivity index (χ2n) is 4.49. The van der Waals surface area contributed by atoms with E-state index in [0.717, 1.165) is 32.8 Å². The maximum atomic E-state index is 5.76. The molecule has 3 heteroatoms. The Balaban J connectivity index is 2.15. The van der Waals surface area contributed by atoms with Gasteiger partial charge in [0.25, 0.3) is 0 Å². The second-order valence-corrected chi connectivity index (χ2v) is 4.49. The third-order valence-corrected chi connectivity index (χ3v) is 2.25. The molecule has 0 saturated carbocycles. The Bertz CT molecular complexity index is 142. The van der Waals surface area contributed by atoms with Gasteiger partial charge in [-0.25, -0.2) is 0 Å². The number of rotatable bonds is 5. The first-order valence-corrected chi connectivity index (χ1v) is 4.98. The lowest BCUT2D eigenvalue weighted by atomic mass is 9.95. The lowest BCUT2D eigenvalue weighted by Crippen LogP contribution is -2.33. The summed E-state index contributed by atoms with van der Waals surface area (Å²) in [6.07, 6.45) is 1.38. The van der Waals surface area contributed by atoms with E-state index in [2.05, 4.69) is 19.2 Å². The van der Waals surface area contributed by atoms with Crippen LogP contribution in [-0.4, -0.2) is 39.5 Å². The molecule has 0 aliphatic carbocycles. The van der Waals surface area contributed by atoms with Crippen LogP contribution in [0.25, 0.3) is 0 Å². The smallest absolute Gasteiger partial charge is 0.0830 e. The van der Waals surface area contributed by atoms with Gasteiger partial charge in [0.15, 0.2) is 0 Å². The van der Waals surface area contributed by atoms with Crippen LogP contribution in [0.3, 0.4) is 0 Å². The molecule has 1 heterocycles. The molecule has 0 spiro atoms. The standard InChI is InChI=1S/C10H21NO2/c1-10(2,7-11-3)8-13-9-4-5-12-6-9/h9,11H,4-8H2,1-3H3. The molecule has 0 amide bonds. The van der Waals surface area contributed by atoms with Crippen molar-refractivity contribution in [1.82, 2.24) is 5.32 Å². The van der Waals surface area contributed by atoms with Crippen molar-refractivity contribution < 1.29 is 9.47 Å². The van der Waals surface area contributed by atoms with E-state index in [1.165, 1.54) is 0 Å².